The first-order chi connectivity index (χ1) is 14.6. The first-order valence-electron chi connectivity index (χ1n) is 10.1. The summed E-state index contributed by atoms with van der Waals surface area (Å²) < 4.78 is 5.21. The Morgan fingerprint density at radius 2 is 1.94 bits per heavy atom. The summed E-state index contributed by atoms with van der Waals surface area (Å²) in [7, 11) is 0. The average molecular weight is 454 g/mol. The van der Waals surface area contributed by atoms with E-state index in [1.54, 1.807) is 26.2 Å². The molecule has 11 heteroatoms. The molecule has 10 nitrogen and oxygen atoms in total. The third kappa shape index (κ3) is 7.35. The summed E-state index contributed by atoms with van der Waals surface area (Å²) in [6.07, 6.45) is 2.28. The van der Waals surface area contributed by atoms with Crippen molar-refractivity contribution in [2.45, 2.75) is 51.8 Å². The molecule has 1 aromatic rings. The normalized spacial score (nSPS) is 19.4. The van der Waals surface area contributed by atoms with Gasteiger partial charge in [0.2, 0.25) is 11.8 Å². The minimum absolute atomic E-state index is 0.164. The second kappa shape index (κ2) is 10.8. The van der Waals surface area contributed by atoms with Gasteiger partial charge in [-0.25, -0.2) is 0 Å². The van der Waals surface area contributed by atoms with Crippen molar-refractivity contribution in [3.05, 3.63) is 17.5 Å². The maximum absolute atomic E-state index is 12.6. The summed E-state index contributed by atoms with van der Waals surface area (Å²) in [5.41, 5.74) is 0.0673. The van der Waals surface area contributed by atoms with Gasteiger partial charge in [0.25, 0.3) is 5.91 Å². The van der Waals surface area contributed by atoms with Crippen LogP contribution < -0.4 is 16.0 Å². The fraction of sp³-hybridized carbons (Fsp3) is 0.650. The van der Waals surface area contributed by atoms with Crippen LogP contribution in [0.3, 0.4) is 0 Å². The van der Waals surface area contributed by atoms with Crippen LogP contribution >= 0.6 is 11.8 Å². The number of aromatic amines is 1. The van der Waals surface area contributed by atoms with Crippen LogP contribution in [0.2, 0.25) is 0 Å². The number of H-pyrrole nitrogens is 1. The van der Waals surface area contributed by atoms with E-state index in [0.29, 0.717) is 18.8 Å². The molecule has 1 saturated heterocycles. The van der Waals surface area contributed by atoms with E-state index in [1.165, 1.54) is 11.8 Å². The highest BCUT2D eigenvalue weighted by Gasteiger charge is 2.50. The van der Waals surface area contributed by atoms with Gasteiger partial charge in [0.1, 0.15) is 17.3 Å². The predicted octanol–water partition coefficient (Wildman–Crippen LogP) is 0.185. The number of epoxide rings is 1. The second-order valence-electron chi connectivity index (χ2n) is 8.27. The van der Waals surface area contributed by atoms with Crippen LogP contribution in [-0.4, -0.2) is 76.5 Å². The van der Waals surface area contributed by atoms with Crippen LogP contribution in [0, 0.1) is 12.8 Å². The highest BCUT2D eigenvalue weighted by atomic mass is 32.2. The van der Waals surface area contributed by atoms with Crippen LogP contribution in [0.1, 0.15) is 43.4 Å². The predicted molar refractivity (Wildman–Crippen MR) is 117 cm³/mol. The number of aryl methyl sites for hydroxylation is 1. The Morgan fingerprint density at radius 3 is 2.45 bits per heavy atom. The molecule has 0 spiro atoms. The minimum Gasteiger partial charge on any atom is -0.361 e. The Bertz CT molecular complexity index is 821. The molecule has 0 aromatic carbocycles. The van der Waals surface area contributed by atoms with Gasteiger partial charge < -0.3 is 20.7 Å². The number of amides is 3. The van der Waals surface area contributed by atoms with Crippen LogP contribution in [0.15, 0.2) is 6.07 Å². The summed E-state index contributed by atoms with van der Waals surface area (Å²) in [4.78, 5) is 49.8. The van der Waals surface area contributed by atoms with Gasteiger partial charge in [0, 0.05) is 11.4 Å². The molecular weight excluding hydrogens is 422 g/mol. The Labute approximate surface area is 186 Å². The number of carbonyl (C=O) groups is 4. The number of nitrogens with zero attached hydrogens (tertiary/aromatic N) is 1. The number of thioether (sulfide) groups is 1. The van der Waals surface area contributed by atoms with E-state index in [-0.39, 0.29) is 23.9 Å². The lowest BCUT2D eigenvalue weighted by atomic mass is 9.93. The highest BCUT2D eigenvalue weighted by molar-refractivity contribution is 7.98. The van der Waals surface area contributed by atoms with E-state index in [4.69, 9.17) is 4.74 Å². The molecule has 3 amide bonds. The highest BCUT2D eigenvalue weighted by Crippen LogP contribution is 2.29. The summed E-state index contributed by atoms with van der Waals surface area (Å²) in [5.74, 6) is -1.10. The molecule has 0 bridgehead atoms. The average Bonchev–Trinajstić information content (AvgIpc) is 3.30. The van der Waals surface area contributed by atoms with Crippen molar-refractivity contribution >= 4 is 35.3 Å². The Hall–Kier alpha value is -2.40. The van der Waals surface area contributed by atoms with Crippen molar-refractivity contribution in [3.8, 4) is 0 Å². The molecule has 1 fully saturated rings. The topological polar surface area (TPSA) is 146 Å². The molecule has 2 rings (SSSR count). The molecule has 1 aliphatic heterocycles. The molecule has 4 N–H and O–H groups in total. The van der Waals surface area contributed by atoms with Crippen LogP contribution in [0.4, 0.5) is 0 Å². The maximum atomic E-state index is 12.6. The number of aromatic nitrogens is 2. The number of rotatable bonds is 12. The van der Waals surface area contributed by atoms with Gasteiger partial charge in [0.15, 0.2) is 5.78 Å². The van der Waals surface area contributed by atoms with E-state index < -0.39 is 35.4 Å². The van der Waals surface area contributed by atoms with Gasteiger partial charge in [-0.2, -0.15) is 16.9 Å². The molecular formula is C20H31N5O5S. The van der Waals surface area contributed by atoms with Crippen molar-refractivity contribution in [2.24, 2.45) is 5.92 Å². The maximum Gasteiger partial charge on any atom is 0.272 e. The Balaban J connectivity index is 1.90. The molecule has 0 aliphatic carbocycles. The first-order valence-corrected chi connectivity index (χ1v) is 11.5. The van der Waals surface area contributed by atoms with Crippen LogP contribution in [-0.2, 0) is 19.1 Å². The smallest absolute Gasteiger partial charge is 0.272 e. The van der Waals surface area contributed by atoms with Crippen molar-refractivity contribution in [1.82, 2.24) is 26.1 Å². The number of hydrogen-bond acceptors (Lipinski definition) is 7. The van der Waals surface area contributed by atoms with Crippen molar-refractivity contribution in [3.63, 3.8) is 0 Å². The van der Waals surface area contributed by atoms with Gasteiger partial charge in [-0.05, 0) is 38.5 Å². The molecule has 31 heavy (non-hydrogen) atoms. The number of ether oxygens (including phenoxy) is 1. The Morgan fingerprint density at radius 1 is 1.26 bits per heavy atom. The van der Waals surface area contributed by atoms with Gasteiger partial charge >= 0.3 is 0 Å². The van der Waals surface area contributed by atoms with Gasteiger partial charge in [-0.3, -0.25) is 24.3 Å². The number of ketones is 1. The zero-order valence-corrected chi connectivity index (χ0v) is 19.4. The van der Waals surface area contributed by atoms with Gasteiger partial charge in [-0.1, -0.05) is 13.8 Å². The lowest BCUT2D eigenvalue weighted by molar-refractivity contribution is -0.131. The van der Waals surface area contributed by atoms with Crippen LogP contribution in [0.25, 0.3) is 0 Å². The molecule has 3 atom stereocenters. The fourth-order valence-electron chi connectivity index (χ4n) is 2.97. The van der Waals surface area contributed by atoms with E-state index in [2.05, 4.69) is 26.1 Å². The summed E-state index contributed by atoms with van der Waals surface area (Å²) >= 11 is 1.38. The summed E-state index contributed by atoms with van der Waals surface area (Å²) in [6.45, 7) is 7.43. The third-order valence-corrected chi connectivity index (χ3v) is 5.44. The lowest BCUT2D eigenvalue weighted by Gasteiger charge is -2.22. The standard InChI is InChI=1S/C20H31N5O5S/c1-11(2)6-13(17(27)20(4)10-30-20)22-16(26)8-21-18(28)15(9-31-5)23-19(29)14-7-12(3)24-25-14/h7,11,13,15H,6,8-10H2,1-5H3,(H,21,28)(H,22,26)(H,23,29)(H,24,25)/t13-,15+,20?/m0/s1. The zero-order chi connectivity index (χ0) is 23.2. The molecule has 0 radical (unpaired) electrons. The number of nitrogens with one attached hydrogen (secondary N) is 4. The molecule has 1 unspecified atom stereocenters. The van der Waals surface area contributed by atoms with Crippen molar-refractivity contribution < 1.29 is 23.9 Å². The van der Waals surface area contributed by atoms with Crippen molar-refractivity contribution in [2.75, 3.05) is 25.2 Å². The number of Topliss-reactive ketones (excluding diaryl/α,β-unsaturated/α-hetero) is 1. The Kier molecular flexibility index (Phi) is 8.63. The van der Waals surface area contributed by atoms with E-state index in [0.717, 1.165) is 5.69 Å². The van der Waals surface area contributed by atoms with Crippen LogP contribution in [0.5, 0.6) is 0 Å². The van der Waals surface area contributed by atoms with Gasteiger partial charge in [-0.15, -0.1) is 0 Å². The van der Waals surface area contributed by atoms with E-state index in [1.807, 2.05) is 13.8 Å². The molecule has 1 aliphatic rings. The SMILES string of the molecule is CSC[C@@H](NC(=O)c1cc(C)[nH]n1)C(=O)NCC(=O)N[C@@H](CC(C)C)C(=O)C1(C)CO1. The first kappa shape index (κ1) is 24.9. The minimum atomic E-state index is -0.839. The molecule has 0 saturated carbocycles. The monoisotopic (exact) mass is 453 g/mol. The lowest BCUT2D eigenvalue weighted by Crippen LogP contribution is -2.52. The zero-order valence-electron chi connectivity index (χ0n) is 18.5. The molecule has 2 heterocycles. The van der Waals surface area contributed by atoms with E-state index in [9.17, 15) is 19.2 Å². The molecule has 172 valence electrons. The third-order valence-electron chi connectivity index (χ3n) is 4.77. The second-order valence-corrected chi connectivity index (χ2v) is 9.18. The van der Waals surface area contributed by atoms with E-state index >= 15 is 0 Å². The summed E-state index contributed by atoms with van der Waals surface area (Å²) in [6, 6.07) is 0.0629. The quantitative estimate of drug-likeness (QED) is 0.330. The van der Waals surface area contributed by atoms with Crippen molar-refractivity contribution in [1.29, 1.82) is 0 Å². The summed E-state index contributed by atoms with van der Waals surface area (Å²) in [5, 5.41) is 14.4. The van der Waals surface area contributed by atoms with Gasteiger partial charge in [0.05, 0.1) is 19.2 Å². The fourth-order valence-corrected chi connectivity index (χ4v) is 3.54. The number of hydrogen-bond donors (Lipinski definition) is 4. The number of carbonyl (C=O) groups excluding carboxylic acids is 4. The molecule has 1 aromatic heterocycles. The largest absolute Gasteiger partial charge is 0.361 e.